The molecule has 0 aliphatic heterocycles. The number of fused-ring (bicyclic) bond motifs is 1. The number of ether oxygens (including phenoxy) is 2. The zero-order valence-corrected chi connectivity index (χ0v) is 22.4. The third-order valence-electron chi connectivity index (χ3n) is 6.03. The number of carbonyl (C=O) groups excluding carboxylic acids is 1. The van der Waals surface area contributed by atoms with Crippen LogP contribution in [0.5, 0.6) is 11.5 Å². The topological polar surface area (TPSA) is 71.3 Å². The van der Waals surface area contributed by atoms with Crippen molar-refractivity contribution in [3.63, 3.8) is 0 Å². The summed E-state index contributed by atoms with van der Waals surface area (Å²) in [5.74, 6) is 0.679. The number of hydrogen-bond acceptors (Lipinski definition) is 4. The number of nitrogens with zero attached hydrogens (tertiary/aromatic N) is 1. The van der Waals surface area contributed by atoms with Gasteiger partial charge < -0.3 is 14.8 Å². The predicted octanol–water partition coefficient (Wildman–Crippen LogP) is 7.19. The van der Waals surface area contributed by atoms with Crippen LogP contribution in [0.1, 0.15) is 22.3 Å². The van der Waals surface area contributed by atoms with Crippen molar-refractivity contribution in [3.8, 4) is 17.6 Å². The summed E-state index contributed by atoms with van der Waals surface area (Å²) >= 11 is 2.18. The monoisotopic (exact) mass is 588 g/mol. The van der Waals surface area contributed by atoms with E-state index in [2.05, 4.69) is 46.1 Å². The van der Waals surface area contributed by atoms with Gasteiger partial charge in [-0.1, -0.05) is 54.6 Å². The van der Waals surface area contributed by atoms with Gasteiger partial charge in [0.25, 0.3) is 5.91 Å². The molecule has 0 heterocycles. The number of hydrogen-bond donors (Lipinski definition) is 1. The molecule has 180 valence electrons. The Kier molecular flexibility index (Phi) is 7.91. The van der Waals surface area contributed by atoms with E-state index in [0.29, 0.717) is 29.4 Å². The van der Waals surface area contributed by atoms with Gasteiger partial charge in [0, 0.05) is 5.69 Å². The van der Waals surface area contributed by atoms with Crippen molar-refractivity contribution in [3.05, 3.63) is 104 Å². The number of nitriles is 1. The Hall–Kier alpha value is -3.83. The molecule has 0 aromatic heterocycles. The second-order valence-corrected chi connectivity index (χ2v) is 9.49. The molecule has 0 saturated carbocycles. The maximum absolute atomic E-state index is 12.8. The van der Waals surface area contributed by atoms with Crippen LogP contribution in [-0.2, 0) is 11.4 Å². The lowest BCUT2D eigenvalue weighted by Crippen LogP contribution is -2.14. The van der Waals surface area contributed by atoms with Crippen LogP contribution in [-0.4, -0.2) is 13.0 Å². The largest absolute Gasteiger partial charge is 0.493 e. The molecule has 1 N–H and O–H groups in total. The van der Waals surface area contributed by atoms with E-state index in [1.165, 1.54) is 0 Å². The van der Waals surface area contributed by atoms with Crippen LogP contribution in [0.2, 0.25) is 0 Å². The van der Waals surface area contributed by atoms with Gasteiger partial charge in [-0.3, -0.25) is 4.79 Å². The predicted molar refractivity (Wildman–Crippen MR) is 152 cm³/mol. The molecule has 36 heavy (non-hydrogen) atoms. The number of anilines is 1. The highest BCUT2D eigenvalue weighted by Gasteiger charge is 2.15. The van der Waals surface area contributed by atoms with Gasteiger partial charge in [0.1, 0.15) is 18.2 Å². The highest BCUT2D eigenvalue weighted by Crippen LogP contribution is 2.35. The Balaban J connectivity index is 1.58. The third kappa shape index (κ3) is 5.52. The first-order chi connectivity index (χ1) is 17.4. The van der Waals surface area contributed by atoms with Crippen molar-refractivity contribution in [1.82, 2.24) is 0 Å². The molecule has 5 nitrogen and oxygen atoms in total. The molecular weight excluding hydrogens is 563 g/mol. The SMILES string of the molecule is COc1cc(/C=C(\C#N)C(=O)Nc2cccc(C)c2C)cc(I)c1OCc1cccc2ccccc12. The van der Waals surface area contributed by atoms with Gasteiger partial charge in [0.2, 0.25) is 0 Å². The minimum atomic E-state index is -0.462. The Bertz CT molecular complexity index is 1510. The van der Waals surface area contributed by atoms with Crippen LogP contribution in [0.4, 0.5) is 5.69 Å². The van der Waals surface area contributed by atoms with E-state index >= 15 is 0 Å². The zero-order chi connectivity index (χ0) is 25.7. The Labute approximate surface area is 224 Å². The molecule has 6 heteroatoms. The Morgan fingerprint density at radius 1 is 1.06 bits per heavy atom. The number of aryl methyl sites for hydroxylation is 1. The molecule has 0 unspecified atom stereocenters. The molecule has 0 fully saturated rings. The minimum absolute atomic E-state index is 0.00168. The molecule has 0 aliphatic carbocycles. The van der Waals surface area contributed by atoms with Crippen molar-refractivity contribution in [2.24, 2.45) is 0 Å². The van der Waals surface area contributed by atoms with Crippen LogP contribution < -0.4 is 14.8 Å². The first kappa shape index (κ1) is 25.3. The first-order valence-electron chi connectivity index (χ1n) is 11.4. The van der Waals surface area contributed by atoms with Crippen molar-refractivity contribution in [2.45, 2.75) is 20.5 Å². The summed E-state index contributed by atoms with van der Waals surface area (Å²) in [5, 5.41) is 14.8. The maximum atomic E-state index is 12.8. The number of amides is 1. The van der Waals surface area contributed by atoms with Gasteiger partial charge in [-0.15, -0.1) is 0 Å². The number of benzene rings is 4. The van der Waals surface area contributed by atoms with Crippen LogP contribution in [0.3, 0.4) is 0 Å². The standard InChI is InChI=1S/C30H25IN2O3/c1-19-8-6-13-27(20(19)2)33-30(34)24(17-32)14-21-15-26(31)29(28(16-21)35-3)36-18-23-11-7-10-22-9-4-5-12-25(22)23/h4-16H,18H2,1-3H3,(H,33,34)/b24-14+. The second-order valence-electron chi connectivity index (χ2n) is 8.33. The van der Waals surface area contributed by atoms with Gasteiger partial charge >= 0.3 is 0 Å². The van der Waals surface area contributed by atoms with Gasteiger partial charge in [0.15, 0.2) is 11.5 Å². The fraction of sp³-hybridized carbons (Fsp3) is 0.133. The summed E-state index contributed by atoms with van der Waals surface area (Å²) in [6.45, 7) is 4.29. The lowest BCUT2D eigenvalue weighted by atomic mass is 10.1. The summed E-state index contributed by atoms with van der Waals surface area (Å²) in [4.78, 5) is 12.8. The van der Waals surface area contributed by atoms with Gasteiger partial charge in [0.05, 0.1) is 10.7 Å². The summed E-state index contributed by atoms with van der Waals surface area (Å²) < 4.78 is 12.6. The van der Waals surface area contributed by atoms with Crippen LogP contribution in [0.15, 0.2) is 78.4 Å². The first-order valence-corrected chi connectivity index (χ1v) is 12.5. The second kappa shape index (κ2) is 11.3. The quantitative estimate of drug-likeness (QED) is 0.141. The normalized spacial score (nSPS) is 11.1. The average Bonchev–Trinajstić information content (AvgIpc) is 2.88. The maximum Gasteiger partial charge on any atom is 0.266 e. The van der Waals surface area contributed by atoms with E-state index in [1.54, 1.807) is 19.3 Å². The third-order valence-corrected chi connectivity index (χ3v) is 6.83. The summed E-state index contributed by atoms with van der Waals surface area (Å²) in [6, 6.07) is 25.6. The number of halogens is 1. The molecule has 0 radical (unpaired) electrons. The van der Waals surface area contributed by atoms with E-state index in [-0.39, 0.29) is 5.57 Å². The average molecular weight is 588 g/mol. The number of carbonyl (C=O) groups is 1. The zero-order valence-electron chi connectivity index (χ0n) is 20.3. The molecule has 0 atom stereocenters. The van der Waals surface area contributed by atoms with Gasteiger partial charge in [-0.05, 0) is 93.7 Å². The molecule has 0 spiro atoms. The number of rotatable bonds is 7. The van der Waals surface area contributed by atoms with Crippen molar-refractivity contribution in [1.29, 1.82) is 5.26 Å². The van der Waals surface area contributed by atoms with E-state index in [4.69, 9.17) is 9.47 Å². The molecule has 4 aromatic carbocycles. The van der Waals surface area contributed by atoms with E-state index in [0.717, 1.165) is 31.0 Å². The minimum Gasteiger partial charge on any atom is -0.493 e. The van der Waals surface area contributed by atoms with Gasteiger partial charge in [-0.2, -0.15) is 5.26 Å². The highest BCUT2D eigenvalue weighted by atomic mass is 127. The molecule has 4 aromatic rings. The lowest BCUT2D eigenvalue weighted by Gasteiger charge is -2.15. The highest BCUT2D eigenvalue weighted by molar-refractivity contribution is 14.1. The van der Waals surface area contributed by atoms with Crippen molar-refractivity contribution < 1.29 is 14.3 Å². The molecular formula is C30H25IN2O3. The van der Waals surface area contributed by atoms with Crippen molar-refractivity contribution in [2.75, 3.05) is 12.4 Å². The van der Waals surface area contributed by atoms with E-state index in [1.807, 2.05) is 68.4 Å². The summed E-state index contributed by atoms with van der Waals surface area (Å²) in [5.41, 5.74) is 4.45. The summed E-state index contributed by atoms with van der Waals surface area (Å²) in [6.07, 6.45) is 1.56. The van der Waals surface area contributed by atoms with E-state index < -0.39 is 5.91 Å². The number of methoxy groups -OCH3 is 1. The van der Waals surface area contributed by atoms with Crippen LogP contribution in [0.25, 0.3) is 16.8 Å². The molecule has 4 rings (SSSR count). The Morgan fingerprint density at radius 2 is 1.81 bits per heavy atom. The van der Waals surface area contributed by atoms with Crippen molar-refractivity contribution >= 4 is 51.0 Å². The Morgan fingerprint density at radius 3 is 2.58 bits per heavy atom. The lowest BCUT2D eigenvalue weighted by molar-refractivity contribution is -0.112. The molecule has 1 amide bonds. The number of nitrogens with one attached hydrogen (secondary N) is 1. The fourth-order valence-corrected chi connectivity index (χ4v) is 4.70. The molecule has 0 bridgehead atoms. The van der Waals surface area contributed by atoms with Crippen LogP contribution >= 0.6 is 22.6 Å². The smallest absolute Gasteiger partial charge is 0.266 e. The molecule has 0 aliphatic rings. The fourth-order valence-electron chi connectivity index (χ4n) is 3.92. The van der Waals surface area contributed by atoms with Gasteiger partial charge in [-0.25, -0.2) is 0 Å². The summed E-state index contributed by atoms with van der Waals surface area (Å²) in [7, 11) is 1.57. The van der Waals surface area contributed by atoms with E-state index in [9.17, 15) is 10.1 Å². The molecule has 0 saturated heterocycles. The van der Waals surface area contributed by atoms with Crippen LogP contribution in [0, 0.1) is 28.7 Å².